The topological polar surface area (TPSA) is 20.2 Å². The van der Waals surface area contributed by atoms with E-state index in [1.54, 1.807) is 35.6 Å². The van der Waals surface area contributed by atoms with Crippen molar-refractivity contribution in [1.29, 1.82) is 0 Å². The molecule has 0 bridgehead atoms. The van der Waals surface area contributed by atoms with Gasteiger partial charge in [-0.15, -0.1) is 11.3 Å². The summed E-state index contributed by atoms with van der Waals surface area (Å²) in [7, 11) is 0. The molecule has 0 spiro atoms. The highest BCUT2D eigenvalue weighted by Crippen LogP contribution is 2.24. The Balaban J connectivity index is 0.000000178. The molecule has 0 aliphatic rings. The van der Waals surface area contributed by atoms with E-state index >= 15 is 0 Å². The number of benzene rings is 2. The third-order valence-corrected chi connectivity index (χ3v) is 4.23. The van der Waals surface area contributed by atoms with Crippen LogP contribution in [0.5, 0.6) is 5.75 Å². The first kappa shape index (κ1) is 14.8. The molecule has 1 N–H and O–H groups in total. The molecule has 0 aliphatic carbocycles. The van der Waals surface area contributed by atoms with Crippen LogP contribution in [-0.2, 0) is 6.42 Å². The van der Waals surface area contributed by atoms with E-state index in [2.05, 4.69) is 52.3 Å². The maximum absolute atomic E-state index is 8.63. The first-order valence-electron chi connectivity index (χ1n) is 6.26. The lowest BCUT2D eigenvalue weighted by atomic mass is 10.1. The average Bonchev–Trinajstić information content (AvgIpc) is 2.87. The molecular formula is C17H15BrOS. The summed E-state index contributed by atoms with van der Waals surface area (Å²) in [5.74, 6) is 0.322. The van der Waals surface area contributed by atoms with Crippen molar-refractivity contribution < 1.29 is 5.11 Å². The van der Waals surface area contributed by atoms with E-state index < -0.39 is 0 Å². The van der Waals surface area contributed by atoms with Crippen molar-refractivity contribution in [2.24, 2.45) is 0 Å². The molecule has 0 aliphatic heterocycles. The van der Waals surface area contributed by atoms with Crippen molar-refractivity contribution >= 4 is 27.3 Å². The molecule has 3 heteroatoms. The lowest BCUT2D eigenvalue weighted by Crippen LogP contribution is -1.81. The number of hydrogen-bond donors (Lipinski definition) is 1. The fourth-order valence-electron chi connectivity index (χ4n) is 1.67. The molecule has 2 aromatic carbocycles. The Morgan fingerprint density at radius 2 is 1.40 bits per heavy atom. The Bertz CT molecular complexity index is 620. The lowest BCUT2D eigenvalue weighted by Gasteiger charge is -1.96. The Hall–Kier alpha value is -1.58. The van der Waals surface area contributed by atoms with Crippen molar-refractivity contribution in [1.82, 2.24) is 0 Å². The molecule has 1 nitrogen and oxygen atoms in total. The lowest BCUT2D eigenvalue weighted by molar-refractivity contribution is 0.475. The number of thiophene rings is 1. The van der Waals surface area contributed by atoms with Gasteiger partial charge in [0, 0.05) is 11.3 Å². The minimum Gasteiger partial charge on any atom is -0.508 e. The third kappa shape index (κ3) is 5.19. The molecule has 0 atom stereocenters. The van der Waals surface area contributed by atoms with E-state index in [0.717, 1.165) is 6.42 Å². The highest BCUT2D eigenvalue weighted by molar-refractivity contribution is 9.11. The zero-order valence-corrected chi connectivity index (χ0v) is 13.3. The minimum atomic E-state index is 0.322. The van der Waals surface area contributed by atoms with Crippen molar-refractivity contribution in [3.8, 4) is 5.75 Å². The van der Waals surface area contributed by atoms with Gasteiger partial charge in [-0.2, -0.15) is 0 Å². The fourth-order valence-corrected chi connectivity index (χ4v) is 3.19. The molecule has 102 valence electrons. The smallest absolute Gasteiger partial charge is 0.115 e. The van der Waals surface area contributed by atoms with E-state index in [1.165, 1.54) is 14.2 Å². The Labute approximate surface area is 131 Å². The second-order valence-electron chi connectivity index (χ2n) is 4.20. The van der Waals surface area contributed by atoms with Crippen molar-refractivity contribution in [2.45, 2.75) is 6.42 Å². The van der Waals surface area contributed by atoms with Gasteiger partial charge in [0.15, 0.2) is 0 Å². The maximum atomic E-state index is 8.63. The minimum absolute atomic E-state index is 0.322. The summed E-state index contributed by atoms with van der Waals surface area (Å²) in [4.78, 5) is 1.40. The summed E-state index contributed by atoms with van der Waals surface area (Å²) in [5, 5.41) is 8.63. The van der Waals surface area contributed by atoms with Gasteiger partial charge in [-0.1, -0.05) is 48.5 Å². The molecule has 0 unspecified atom stereocenters. The summed E-state index contributed by atoms with van der Waals surface area (Å²) in [6.45, 7) is 0. The highest BCUT2D eigenvalue weighted by Gasteiger charge is 1.98. The van der Waals surface area contributed by atoms with Crippen LogP contribution in [0.25, 0.3) is 0 Å². The van der Waals surface area contributed by atoms with Gasteiger partial charge >= 0.3 is 0 Å². The Morgan fingerprint density at radius 1 is 0.800 bits per heavy atom. The summed E-state index contributed by atoms with van der Waals surface area (Å²) >= 11 is 5.26. The van der Waals surface area contributed by atoms with Crippen LogP contribution in [0.3, 0.4) is 0 Å². The van der Waals surface area contributed by atoms with Crippen LogP contribution < -0.4 is 0 Å². The van der Waals surface area contributed by atoms with E-state index in [-0.39, 0.29) is 0 Å². The summed E-state index contributed by atoms with van der Waals surface area (Å²) in [6, 6.07) is 23.5. The highest BCUT2D eigenvalue weighted by atomic mass is 79.9. The summed E-state index contributed by atoms with van der Waals surface area (Å²) < 4.78 is 1.21. The van der Waals surface area contributed by atoms with Crippen molar-refractivity contribution in [2.75, 3.05) is 0 Å². The van der Waals surface area contributed by atoms with Gasteiger partial charge in [-0.3, -0.25) is 0 Å². The van der Waals surface area contributed by atoms with Crippen LogP contribution in [0.1, 0.15) is 10.4 Å². The predicted molar refractivity (Wildman–Crippen MR) is 89.4 cm³/mol. The van der Waals surface area contributed by atoms with Crippen LogP contribution in [-0.4, -0.2) is 5.11 Å². The molecular weight excluding hydrogens is 332 g/mol. The van der Waals surface area contributed by atoms with Gasteiger partial charge in [0.25, 0.3) is 0 Å². The first-order chi connectivity index (χ1) is 9.74. The van der Waals surface area contributed by atoms with Crippen molar-refractivity contribution in [3.63, 3.8) is 0 Å². The molecule has 0 saturated heterocycles. The number of hydrogen-bond acceptors (Lipinski definition) is 2. The molecule has 1 heterocycles. The zero-order valence-electron chi connectivity index (χ0n) is 10.9. The molecule has 3 aromatic rings. The maximum Gasteiger partial charge on any atom is 0.115 e. The number of para-hydroxylation sites is 1. The normalized spacial score (nSPS) is 9.65. The third-order valence-electron chi connectivity index (χ3n) is 2.61. The van der Waals surface area contributed by atoms with Crippen LogP contribution in [0.4, 0.5) is 0 Å². The van der Waals surface area contributed by atoms with E-state index in [0.29, 0.717) is 5.75 Å². The van der Waals surface area contributed by atoms with Gasteiger partial charge in [0.05, 0.1) is 3.79 Å². The number of rotatable bonds is 2. The second kappa shape index (κ2) is 7.88. The van der Waals surface area contributed by atoms with E-state index in [9.17, 15) is 0 Å². The fraction of sp³-hybridized carbons (Fsp3) is 0.0588. The quantitative estimate of drug-likeness (QED) is 0.650. The van der Waals surface area contributed by atoms with Crippen LogP contribution in [0.15, 0.2) is 76.6 Å². The van der Waals surface area contributed by atoms with Gasteiger partial charge in [0.1, 0.15) is 5.75 Å². The molecule has 0 radical (unpaired) electrons. The molecule has 0 amide bonds. The number of halogens is 1. The van der Waals surface area contributed by atoms with Gasteiger partial charge in [-0.05, 0) is 45.8 Å². The zero-order chi connectivity index (χ0) is 14.2. The second-order valence-corrected chi connectivity index (χ2v) is 6.75. The Kier molecular flexibility index (Phi) is 5.84. The van der Waals surface area contributed by atoms with Gasteiger partial charge < -0.3 is 5.11 Å². The van der Waals surface area contributed by atoms with Crippen LogP contribution in [0, 0.1) is 0 Å². The average molecular weight is 347 g/mol. The van der Waals surface area contributed by atoms with Gasteiger partial charge in [0.2, 0.25) is 0 Å². The Morgan fingerprint density at radius 3 is 1.85 bits per heavy atom. The monoisotopic (exact) mass is 346 g/mol. The van der Waals surface area contributed by atoms with Crippen LogP contribution in [0.2, 0.25) is 0 Å². The number of phenols is 1. The van der Waals surface area contributed by atoms with Crippen LogP contribution >= 0.6 is 27.3 Å². The predicted octanol–water partition coefficient (Wildman–Crippen LogP) is 5.49. The first-order valence-corrected chi connectivity index (χ1v) is 7.87. The molecule has 1 aromatic heterocycles. The SMILES string of the molecule is Brc1ccc(Cc2ccccc2)s1.Oc1ccccc1. The molecule has 3 rings (SSSR count). The molecule has 0 saturated carbocycles. The molecule has 0 fully saturated rings. The number of aromatic hydroxyl groups is 1. The summed E-state index contributed by atoms with van der Waals surface area (Å²) in [5.41, 5.74) is 1.37. The van der Waals surface area contributed by atoms with E-state index in [1.807, 2.05) is 12.1 Å². The largest absolute Gasteiger partial charge is 0.508 e. The standard InChI is InChI=1S/C11H9BrS.C6H6O/c12-11-7-6-10(13-11)8-9-4-2-1-3-5-9;7-6-4-2-1-3-5-6/h1-7H,8H2;1-5,7H. The van der Waals surface area contributed by atoms with Gasteiger partial charge in [-0.25, -0.2) is 0 Å². The van der Waals surface area contributed by atoms with E-state index in [4.69, 9.17) is 5.11 Å². The molecule has 20 heavy (non-hydrogen) atoms. The number of phenolic OH excluding ortho intramolecular Hbond substituents is 1. The summed E-state index contributed by atoms with van der Waals surface area (Å²) in [6.07, 6.45) is 1.04. The van der Waals surface area contributed by atoms with Crippen molar-refractivity contribution in [3.05, 3.63) is 87.0 Å².